The van der Waals surface area contributed by atoms with Crippen molar-refractivity contribution in [2.75, 3.05) is 26.2 Å². The van der Waals surface area contributed by atoms with Crippen LogP contribution in [-0.2, 0) is 4.74 Å². The molecule has 0 spiro atoms. The lowest BCUT2D eigenvalue weighted by atomic mass is 10.2. The van der Waals surface area contributed by atoms with Crippen LogP contribution < -0.4 is 0 Å². The van der Waals surface area contributed by atoms with E-state index < -0.39 is 0 Å². The Kier molecular flexibility index (Phi) is 7.23. The standard InChI is InChI=1S/C8H17NO2.C2H6/c1-3-9-4-7(2)11-8(5-9)6-10;1-2/h7-8,10H,3-6H2,1-2H3;1-2H3. The van der Waals surface area contributed by atoms with Gasteiger partial charge in [-0.15, -0.1) is 0 Å². The van der Waals surface area contributed by atoms with E-state index in [0.717, 1.165) is 19.6 Å². The van der Waals surface area contributed by atoms with E-state index >= 15 is 0 Å². The minimum atomic E-state index is 0.0266. The van der Waals surface area contributed by atoms with E-state index in [1.54, 1.807) is 0 Å². The number of rotatable bonds is 2. The van der Waals surface area contributed by atoms with Gasteiger partial charge in [0.05, 0.1) is 18.8 Å². The van der Waals surface area contributed by atoms with Crippen molar-refractivity contribution < 1.29 is 9.84 Å². The topological polar surface area (TPSA) is 32.7 Å². The van der Waals surface area contributed by atoms with Gasteiger partial charge in [-0.2, -0.15) is 0 Å². The van der Waals surface area contributed by atoms with Gasteiger partial charge in [0.25, 0.3) is 0 Å². The molecule has 0 radical (unpaired) electrons. The quantitative estimate of drug-likeness (QED) is 0.706. The molecule has 80 valence electrons. The summed E-state index contributed by atoms with van der Waals surface area (Å²) < 4.78 is 5.48. The van der Waals surface area contributed by atoms with Crippen LogP contribution in [-0.4, -0.2) is 48.5 Å². The molecule has 1 aliphatic rings. The molecule has 0 aromatic heterocycles. The minimum absolute atomic E-state index is 0.0266. The summed E-state index contributed by atoms with van der Waals surface area (Å²) in [5.74, 6) is 0. The summed E-state index contributed by atoms with van der Waals surface area (Å²) >= 11 is 0. The smallest absolute Gasteiger partial charge is 0.0936 e. The summed E-state index contributed by atoms with van der Waals surface area (Å²) in [6.07, 6.45) is 0.291. The van der Waals surface area contributed by atoms with E-state index in [0.29, 0.717) is 0 Å². The van der Waals surface area contributed by atoms with Gasteiger partial charge in [0.2, 0.25) is 0 Å². The van der Waals surface area contributed by atoms with E-state index in [-0.39, 0.29) is 18.8 Å². The van der Waals surface area contributed by atoms with Crippen LogP contribution >= 0.6 is 0 Å². The summed E-state index contributed by atoms with van der Waals surface area (Å²) in [7, 11) is 0. The van der Waals surface area contributed by atoms with Crippen LogP contribution in [0.15, 0.2) is 0 Å². The third-order valence-electron chi connectivity index (χ3n) is 2.05. The van der Waals surface area contributed by atoms with Crippen molar-refractivity contribution in [3.05, 3.63) is 0 Å². The monoisotopic (exact) mass is 189 g/mol. The van der Waals surface area contributed by atoms with Crippen LogP contribution in [0.4, 0.5) is 0 Å². The molecule has 1 rings (SSSR count). The Morgan fingerprint density at radius 2 is 2.00 bits per heavy atom. The number of aliphatic hydroxyl groups excluding tert-OH is 1. The van der Waals surface area contributed by atoms with Crippen molar-refractivity contribution in [3.63, 3.8) is 0 Å². The second-order valence-corrected chi connectivity index (χ2v) is 3.10. The molecule has 3 heteroatoms. The lowest BCUT2D eigenvalue weighted by Crippen LogP contribution is -2.47. The van der Waals surface area contributed by atoms with Gasteiger partial charge in [0.15, 0.2) is 0 Å². The van der Waals surface area contributed by atoms with Crippen molar-refractivity contribution in [3.8, 4) is 0 Å². The maximum absolute atomic E-state index is 8.87. The van der Waals surface area contributed by atoms with E-state index in [2.05, 4.69) is 11.8 Å². The first-order valence-corrected chi connectivity index (χ1v) is 5.25. The first-order valence-electron chi connectivity index (χ1n) is 5.25. The zero-order valence-electron chi connectivity index (χ0n) is 9.29. The number of nitrogens with zero attached hydrogens (tertiary/aromatic N) is 1. The number of likely N-dealkylation sites (N-methyl/N-ethyl adjacent to an activating group) is 1. The summed E-state index contributed by atoms with van der Waals surface area (Å²) in [6, 6.07) is 0. The SMILES string of the molecule is CC.CCN1CC(C)OC(CO)C1. The predicted octanol–water partition coefficient (Wildman–Crippen LogP) is 1.11. The van der Waals surface area contributed by atoms with E-state index in [9.17, 15) is 0 Å². The molecule has 1 N–H and O–H groups in total. The highest BCUT2D eigenvalue weighted by molar-refractivity contribution is 4.73. The number of morpholine rings is 1. The van der Waals surface area contributed by atoms with Crippen LogP contribution in [0, 0.1) is 0 Å². The summed E-state index contributed by atoms with van der Waals surface area (Å²) in [4.78, 5) is 2.30. The highest BCUT2D eigenvalue weighted by Gasteiger charge is 2.22. The van der Waals surface area contributed by atoms with Gasteiger partial charge in [0, 0.05) is 13.1 Å². The van der Waals surface area contributed by atoms with E-state index in [4.69, 9.17) is 9.84 Å². The molecule has 0 aromatic rings. The largest absolute Gasteiger partial charge is 0.394 e. The second-order valence-electron chi connectivity index (χ2n) is 3.10. The third-order valence-corrected chi connectivity index (χ3v) is 2.05. The summed E-state index contributed by atoms with van der Waals surface area (Å²) in [5.41, 5.74) is 0. The number of hydrogen-bond donors (Lipinski definition) is 1. The normalized spacial score (nSPS) is 29.3. The Hall–Kier alpha value is -0.120. The minimum Gasteiger partial charge on any atom is -0.394 e. The molecule has 3 nitrogen and oxygen atoms in total. The third kappa shape index (κ3) is 4.60. The molecule has 1 fully saturated rings. The fourth-order valence-electron chi connectivity index (χ4n) is 1.50. The summed E-state index contributed by atoms with van der Waals surface area (Å²) in [5, 5.41) is 8.87. The first kappa shape index (κ1) is 12.9. The Bertz CT molecular complexity index is 107. The highest BCUT2D eigenvalue weighted by atomic mass is 16.5. The summed E-state index contributed by atoms with van der Waals surface area (Å²) in [6.45, 7) is 11.2. The molecular formula is C10H23NO2. The molecule has 13 heavy (non-hydrogen) atoms. The molecule has 1 heterocycles. The molecule has 0 bridgehead atoms. The maximum Gasteiger partial charge on any atom is 0.0936 e. The molecule has 1 aliphatic heterocycles. The maximum atomic E-state index is 8.87. The first-order chi connectivity index (χ1) is 6.26. The van der Waals surface area contributed by atoms with Crippen LogP contribution in [0.3, 0.4) is 0 Å². The zero-order valence-corrected chi connectivity index (χ0v) is 9.29. The molecular weight excluding hydrogens is 166 g/mol. The van der Waals surface area contributed by atoms with Crippen molar-refractivity contribution >= 4 is 0 Å². The lowest BCUT2D eigenvalue weighted by molar-refractivity contribution is -0.0938. The van der Waals surface area contributed by atoms with Gasteiger partial charge in [0.1, 0.15) is 0 Å². The van der Waals surface area contributed by atoms with Crippen LogP contribution in [0.25, 0.3) is 0 Å². The van der Waals surface area contributed by atoms with Crippen molar-refractivity contribution in [2.45, 2.75) is 39.9 Å². The Balaban J connectivity index is 0.000000671. The van der Waals surface area contributed by atoms with Crippen molar-refractivity contribution in [1.82, 2.24) is 4.90 Å². The number of hydrogen-bond acceptors (Lipinski definition) is 3. The second kappa shape index (κ2) is 7.30. The molecule has 0 amide bonds. The number of ether oxygens (including phenoxy) is 1. The average Bonchev–Trinajstić information content (AvgIpc) is 2.20. The molecule has 0 aromatic carbocycles. The van der Waals surface area contributed by atoms with Gasteiger partial charge in [-0.1, -0.05) is 20.8 Å². The zero-order chi connectivity index (χ0) is 10.3. The van der Waals surface area contributed by atoms with Gasteiger partial charge in [-0.3, -0.25) is 4.90 Å². The molecule has 0 saturated carbocycles. The Morgan fingerprint density at radius 1 is 1.38 bits per heavy atom. The van der Waals surface area contributed by atoms with E-state index in [1.165, 1.54) is 0 Å². The highest BCUT2D eigenvalue weighted by Crippen LogP contribution is 2.09. The fraction of sp³-hybridized carbons (Fsp3) is 1.00. The molecule has 0 aliphatic carbocycles. The average molecular weight is 189 g/mol. The van der Waals surface area contributed by atoms with E-state index in [1.807, 2.05) is 20.8 Å². The van der Waals surface area contributed by atoms with Gasteiger partial charge < -0.3 is 9.84 Å². The van der Waals surface area contributed by atoms with Crippen molar-refractivity contribution in [2.24, 2.45) is 0 Å². The predicted molar refractivity (Wildman–Crippen MR) is 54.9 cm³/mol. The molecule has 1 saturated heterocycles. The van der Waals surface area contributed by atoms with Crippen LogP contribution in [0.1, 0.15) is 27.7 Å². The van der Waals surface area contributed by atoms with Crippen LogP contribution in [0.2, 0.25) is 0 Å². The van der Waals surface area contributed by atoms with Gasteiger partial charge >= 0.3 is 0 Å². The van der Waals surface area contributed by atoms with Gasteiger partial charge in [-0.25, -0.2) is 0 Å². The molecule has 2 unspecified atom stereocenters. The van der Waals surface area contributed by atoms with Crippen LogP contribution in [0.5, 0.6) is 0 Å². The number of aliphatic hydroxyl groups is 1. The van der Waals surface area contributed by atoms with Gasteiger partial charge in [-0.05, 0) is 13.5 Å². The Morgan fingerprint density at radius 3 is 2.46 bits per heavy atom. The lowest BCUT2D eigenvalue weighted by Gasteiger charge is -2.35. The molecule has 2 atom stereocenters. The Labute approximate surface area is 81.7 Å². The van der Waals surface area contributed by atoms with Crippen molar-refractivity contribution in [1.29, 1.82) is 0 Å². The fourth-order valence-corrected chi connectivity index (χ4v) is 1.50.